The fraction of sp³-hybridized carbons (Fsp3) is 0.300. The minimum absolute atomic E-state index is 0. The number of likely N-dealkylation sites (tertiary alicyclic amines) is 1. The number of hydrogen-bond donors (Lipinski definition) is 2. The van der Waals surface area contributed by atoms with Crippen LogP contribution in [0.1, 0.15) is 20.7 Å². The first-order valence-corrected chi connectivity index (χ1v) is 8.68. The molecule has 26 heavy (non-hydrogen) atoms. The number of rotatable bonds is 3. The Hall–Kier alpha value is -2.37. The lowest BCUT2D eigenvalue weighted by Gasteiger charge is -2.19. The Kier molecular flexibility index (Phi) is 5.59. The standard InChI is InChI=1S/C20H21N3O2.ClH/c24-19(14-6-2-1-3-7-14)22-18-9-5-4-8-17(18)20(25)23-12-15-10-21-11-16(15)13-23;/h1-9,15-16,21H,10-13H2,(H,22,24);1H/t15-,16+;. The largest absolute Gasteiger partial charge is 0.338 e. The minimum Gasteiger partial charge on any atom is -0.338 e. The second kappa shape index (κ2) is 7.89. The molecule has 0 aromatic heterocycles. The van der Waals surface area contributed by atoms with E-state index in [1.54, 1.807) is 24.3 Å². The third-order valence-electron chi connectivity index (χ3n) is 5.12. The van der Waals surface area contributed by atoms with Gasteiger partial charge in [-0.3, -0.25) is 9.59 Å². The van der Waals surface area contributed by atoms with Crippen molar-refractivity contribution in [2.45, 2.75) is 0 Å². The normalized spacial score (nSPS) is 21.0. The molecule has 2 aliphatic rings. The van der Waals surface area contributed by atoms with Gasteiger partial charge in [-0.2, -0.15) is 0 Å². The summed E-state index contributed by atoms with van der Waals surface area (Å²) in [6.07, 6.45) is 0. The van der Waals surface area contributed by atoms with E-state index in [1.807, 2.05) is 35.2 Å². The number of para-hydroxylation sites is 1. The van der Waals surface area contributed by atoms with Crippen LogP contribution in [0.15, 0.2) is 54.6 Å². The highest BCUT2D eigenvalue weighted by atomic mass is 35.5. The summed E-state index contributed by atoms with van der Waals surface area (Å²) in [7, 11) is 0. The highest BCUT2D eigenvalue weighted by molar-refractivity contribution is 6.09. The number of hydrogen-bond acceptors (Lipinski definition) is 3. The Bertz CT molecular complexity index is 785. The molecule has 2 aromatic rings. The Balaban J connectivity index is 0.00000196. The number of nitrogens with zero attached hydrogens (tertiary/aromatic N) is 1. The first-order valence-electron chi connectivity index (χ1n) is 8.68. The summed E-state index contributed by atoms with van der Waals surface area (Å²) in [5.74, 6) is 0.895. The van der Waals surface area contributed by atoms with Crippen molar-refractivity contribution in [1.82, 2.24) is 10.2 Å². The van der Waals surface area contributed by atoms with Gasteiger partial charge in [0.1, 0.15) is 0 Å². The molecule has 0 saturated carbocycles. The second-order valence-corrected chi connectivity index (χ2v) is 6.75. The summed E-state index contributed by atoms with van der Waals surface area (Å²) < 4.78 is 0. The number of carbonyl (C=O) groups excluding carboxylic acids is 2. The van der Waals surface area contributed by atoms with Gasteiger partial charge in [0.15, 0.2) is 0 Å². The van der Waals surface area contributed by atoms with Crippen molar-refractivity contribution in [3.05, 3.63) is 65.7 Å². The van der Waals surface area contributed by atoms with Gasteiger partial charge in [0.2, 0.25) is 0 Å². The molecule has 0 radical (unpaired) electrons. The van der Waals surface area contributed by atoms with Crippen molar-refractivity contribution in [2.24, 2.45) is 11.8 Å². The van der Waals surface area contributed by atoms with E-state index in [9.17, 15) is 9.59 Å². The van der Waals surface area contributed by atoms with Gasteiger partial charge in [-0.05, 0) is 36.1 Å². The zero-order chi connectivity index (χ0) is 17.2. The summed E-state index contributed by atoms with van der Waals surface area (Å²) >= 11 is 0. The lowest BCUT2D eigenvalue weighted by Crippen LogP contribution is -2.32. The summed E-state index contributed by atoms with van der Waals surface area (Å²) in [6.45, 7) is 3.55. The fourth-order valence-corrected chi connectivity index (χ4v) is 3.75. The monoisotopic (exact) mass is 371 g/mol. The zero-order valence-electron chi connectivity index (χ0n) is 14.4. The van der Waals surface area contributed by atoms with Crippen molar-refractivity contribution >= 4 is 29.9 Å². The molecule has 4 rings (SSSR count). The van der Waals surface area contributed by atoms with Crippen LogP contribution in [0.2, 0.25) is 0 Å². The smallest absolute Gasteiger partial charge is 0.255 e. The van der Waals surface area contributed by atoms with Crippen LogP contribution >= 0.6 is 12.4 Å². The maximum absolute atomic E-state index is 13.0. The van der Waals surface area contributed by atoms with E-state index in [1.165, 1.54) is 0 Å². The van der Waals surface area contributed by atoms with Gasteiger partial charge < -0.3 is 15.5 Å². The molecule has 2 amide bonds. The summed E-state index contributed by atoms with van der Waals surface area (Å²) in [5.41, 5.74) is 1.70. The van der Waals surface area contributed by atoms with Crippen LogP contribution in [0.5, 0.6) is 0 Å². The molecule has 0 bridgehead atoms. The molecule has 2 fully saturated rings. The summed E-state index contributed by atoms with van der Waals surface area (Å²) in [6, 6.07) is 16.3. The molecule has 0 aliphatic carbocycles. The third-order valence-corrected chi connectivity index (χ3v) is 5.12. The molecular formula is C20H22ClN3O2. The number of anilines is 1. The number of carbonyl (C=O) groups is 2. The van der Waals surface area contributed by atoms with Crippen LogP contribution < -0.4 is 10.6 Å². The second-order valence-electron chi connectivity index (χ2n) is 6.75. The molecule has 2 aliphatic heterocycles. The number of halogens is 1. The minimum atomic E-state index is -0.205. The third kappa shape index (κ3) is 3.59. The molecule has 6 heteroatoms. The Morgan fingerprint density at radius 3 is 2.23 bits per heavy atom. The van der Waals surface area contributed by atoms with Crippen LogP contribution in [0, 0.1) is 11.8 Å². The van der Waals surface area contributed by atoms with E-state index in [-0.39, 0.29) is 24.2 Å². The molecule has 2 heterocycles. The number of nitrogens with one attached hydrogen (secondary N) is 2. The van der Waals surface area contributed by atoms with Crippen LogP contribution in [0.25, 0.3) is 0 Å². The zero-order valence-corrected chi connectivity index (χ0v) is 15.2. The maximum Gasteiger partial charge on any atom is 0.255 e. The molecule has 2 atom stereocenters. The molecule has 2 N–H and O–H groups in total. The average molecular weight is 372 g/mol. The van der Waals surface area contributed by atoms with Crippen molar-refractivity contribution in [2.75, 3.05) is 31.5 Å². The molecule has 136 valence electrons. The van der Waals surface area contributed by atoms with Crippen molar-refractivity contribution in [3.8, 4) is 0 Å². The van der Waals surface area contributed by atoms with Gasteiger partial charge in [-0.15, -0.1) is 12.4 Å². The van der Waals surface area contributed by atoms with E-state index in [0.717, 1.165) is 26.2 Å². The number of amides is 2. The van der Waals surface area contributed by atoms with E-state index in [4.69, 9.17) is 0 Å². The number of fused-ring (bicyclic) bond motifs is 1. The molecule has 2 saturated heterocycles. The van der Waals surface area contributed by atoms with E-state index < -0.39 is 0 Å². The predicted octanol–water partition coefficient (Wildman–Crippen LogP) is 2.65. The Labute approximate surface area is 159 Å². The van der Waals surface area contributed by atoms with Gasteiger partial charge in [-0.25, -0.2) is 0 Å². The number of benzene rings is 2. The topological polar surface area (TPSA) is 61.4 Å². The molecule has 0 spiro atoms. The quantitative estimate of drug-likeness (QED) is 0.872. The average Bonchev–Trinajstić information content (AvgIpc) is 3.24. The van der Waals surface area contributed by atoms with Crippen molar-refractivity contribution in [1.29, 1.82) is 0 Å². The lowest BCUT2D eigenvalue weighted by molar-refractivity contribution is 0.0782. The summed E-state index contributed by atoms with van der Waals surface area (Å²) in [5, 5.41) is 6.27. The van der Waals surface area contributed by atoms with Crippen LogP contribution in [-0.2, 0) is 0 Å². The molecule has 2 aromatic carbocycles. The molecular weight excluding hydrogens is 350 g/mol. The Morgan fingerprint density at radius 1 is 0.923 bits per heavy atom. The SMILES string of the molecule is Cl.O=C(Nc1ccccc1C(=O)N1C[C@H]2CNC[C@H]2C1)c1ccccc1. The van der Waals surface area contributed by atoms with Crippen LogP contribution in [0.4, 0.5) is 5.69 Å². The fourth-order valence-electron chi connectivity index (χ4n) is 3.75. The maximum atomic E-state index is 13.0. The molecule has 5 nitrogen and oxygen atoms in total. The highest BCUT2D eigenvalue weighted by Gasteiger charge is 2.38. The van der Waals surface area contributed by atoms with Gasteiger partial charge in [0, 0.05) is 31.7 Å². The van der Waals surface area contributed by atoms with Gasteiger partial charge >= 0.3 is 0 Å². The van der Waals surface area contributed by atoms with Crippen LogP contribution in [-0.4, -0.2) is 42.9 Å². The molecule has 0 unspecified atom stereocenters. The first kappa shape index (κ1) is 18.4. The van der Waals surface area contributed by atoms with Crippen molar-refractivity contribution < 1.29 is 9.59 Å². The van der Waals surface area contributed by atoms with E-state index >= 15 is 0 Å². The summed E-state index contributed by atoms with van der Waals surface area (Å²) in [4.78, 5) is 27.3. The Morgan fingerprint density at radius 2 is 1.54 bits per heavy atom. The van der Waals surface area contributed by atoms with Gasteiger partial charge in [0.05, 0.1) is 11.3 Å². The first-order chi connectivity index (χ1) is 12.2. The van der Waals surface area contributed by atoms with Gasteiger partial charge in [0.25, 0.3) is 11.8 Å². The van der Waals surface area contributed by atoms with E-state index in [2.05, 4.69) is 10.6 Å². The lowest BCUT2D eigenvalue weighted by atomic mass is 10.0. The predicted molar refractivity (Wildman–Crippen MR) is 104 cm³/mol. The van der Waals surface area contributed by atoms with E-state index in [0.29, 0.717) is 28.7 Å². The van der Waals surface area contributed by atoms with Gasteiger partial charge in [-0.1, -0.05) is 30.3 Å². The van der Waals surface area contributed by atoms with Crippen molar-refractivity contribution in [3.63, 3.8) is 0 Å². The highest BCUT2D eigenvalue weighted by Crippen LogP contribution is 2.29. The van der Waals surface area contributed by atoms with Crippen LogP contribution in [0.3, 0.4) is 0 Å².